The van der Waals surface area contributed by atoms with Crippen LogP contribution in [0.1, 0.15) is 46.9 Å². The van der Waals surface area contributed by atoms with Gasteiger partial charge in [-0.05, 0) is 34.1 Å². The quantitative estimate of drug-likeness (QED) is 0.757. The van der Waals surface area contributed by atoms with Crippen molar-refractivity contribution in [2.45, 2.75) is 53.2 Å². The molecule has 1 aromatic heterocycles. The molecule has 0 fully saturated rings. The molecule has 0 unspecified atom stereocenters. The molecule has 5 heteroatoms. The average Bonchev–Trinajstić information content (AvgIpc) is 2.36. The number of hydrogen-bond acceptors (Lipinski definition) is 5. The van der Waals surface area contributed by atoms with E-state index in [-0.39, 0.29) is 5.54 Å². The predicted molar refractivity (Wildman–Crippen MR) is 79.5 cm³/mol. The topological polar surface area (TPSA) is 59.1 Å². The standard InChI is InChI=1S/C14H26N4O/c1-6-14(4,5)18-12-9-11(15-7-2)16-13(17-12)10-19-8-3/h9H,6-8,10H2,1-5H3,(H2,15,16,17,18). The molecule has 2 N–H and O–H groups in total. The molecule has 1 rings (SSSR count). The summed E-state index contributed by atoms with van der Waals surface area (Å²) in [6, 6.07) is 1.94. The van der Waals surface area contributed by atoms with E-state index in [9.17, 15) is 0 Å². The first-order valence-electron chi connectivity index (χ1n) is 6.98. The van der Waals surface area contributed by atoms with Crippen LogP contribution in [0, 0.1) is 0 Å². The minimum Gasteiger partial charge on any atom is -0.374 e. The Labute approximate surface area is 116 Å². The van der Waals surface area contributed by atoms with Crippen molar-refractivity contribution < 1.29 is 4.74 Å². The van der Waals surface area contributed by atoms with Crippen molar-refractivity contribution in [3.05, 3.63) is 11.9 Å². The lowest BCUT2D eigenvalue weighted by Crippen LogP contribution is -2.30. The molecule has 0 saturated heterocycles. The molecule has 108 valence electrons. The Morgan fingerprint density at radius 3 is 2.42 bits per heavy atom. The van der Waals surface area contributed by atoms with Crippen LogP contribution in [0.4, 0.5) is 11.6 Å². The zero-order chi connectivity index (χ0) is 14.3. The third-order valence-corrected chi connectivity index (χ3v) is 2.92. The maximum absolute atomic E-state index is 5.38. The van der Waals surface area contributed by atoms with Gasteiger partial charge in [0.25, 0.3) is 0 Å². The summed E-state index contributed by atoms with van der Waals surface area (Å²) in [4.78, 5) is 8.93. The number of ether oxygens (including phenoxy) is 1. The Kier molecular flexibility index (Phi) is 6.02. The molecule has 1 heterocycles. The molecular weight excluding hydrogens is 240 g/mol. The average molecular weight is 266 g/mol. The lowest BCUT2D eigenvalue weighted by Gasteiger charge is -2.25. The second-order valence-electron chi connectivity index (χ2n) is 5.08. The fourth-order valence-electron chi connectivity index (χ4n) is 1.53. The van der Waals surface area contributed by atoms with Gasteiger partial charge in [0.1, 0.15) is 18.2 Å². The molecule has 0 aliphatic heterocycles. The van der Waals surface area contributed by atoms with Crippen molar-refractivity contribution in [1.29, 1.82) is 0 Å². The number of rotatable bonds is 8. The fourth-order valence-corrected chi connectivity index (χ4v) is 1.53. The Morgan fingerprint density at radius 2 is 1.84 bits per heavy atom. The van der Waals surface area contributed by atoms with E-state index in [1.54, 1.807) is 0 Å². The van der Waals surface area contributed by atoms with Crippen LogP contribution in [0.15, 0.2) is 6.07 Å². The van der Waals surface area contributed by atoms with Crippen molar-refractivity contribution in [3.63, 3.8) is 0 Å². The largest absolute Gasteiger partial charge is 0.374 e. The Bertz CT molecular complexity index is 393. The lowest BCUT2D eigenvalue weighted by atomic mass is 10.0. The number of nitrogens with zero attached hydrogens (tertiary/aromatic N) is 2. The van der Waals surface area contributed by atoms with Crippen molar-refractivity contribution in [2.75, 3.05) is 23.8 Å². The van der Waals surface area contributed by atoms with Crippen LogP contribution in [-0.2, 0) is 11.3 Å². The molecule has 19 heavy (non-hydrogen) atoms. The first kappa shape index (κ1) is 15.7. The molecular formula is C14H26N4O. The molecule has 0 spiro atoms. The predicted octanol–water partition coefficient (Wildman–Crippen LogP) is 3.05. The van der Waals surface area contributed by atoms with E-state index >= 15 is 0 Å². The summed E-state index contributed by atoms with van der Waals surface area (Å²) in [5.41, 5.74) is 0.0146. The summed E-state index contributed by atoms with van der Waals surface area (Å²) in [6.45, 7) is 12.4. The number of anilines is 2. The summed E-state index contributed by atoms with van der Waals surface area (Å²) >= 11 is 0. The third-order valence-electron chi connectivity index (χ3n) is 2.92. The van der Waals surface area contributed by atoms with E-state index in [2.05, 4.69) is 41.4 Å². The highest BCUT2D eigenvalue weighted by Crippen LogP contribution is 2.18. The van der Waals surface area contributed by atoms with Gasteiger partial charge in [-0.3, -0.25) is 0 Å². The van der Waals surface area contributed by atoms with Gasteiger partial charge in [0.05, 0.1) is 0 Å². The fraction of sp³-hybridized carbons (Fsp3) is 0.714. The second kappa shape index (κ2) is 7.28. The van der Waals surface area contributed by atoms with Crippen molar-refractivity contribution >= 4 is 11.6 Å². The van der Waals surface area contributed by atoms with E-state index < -0.39 is 0 Å². The normalized spacial score (nSPS) is 11.4. The van der Waals surface area contributed by atoms with Crippen molar-refractivity contribution in [3.8, 4) is 0 Å². The zero-order valence-electron chi connectivity index (χ0n) is 12.7. The lowest BCUT2D eigenvalue weighted by molar-refractivity contribution is 0.128. The van der Waals surface area contributed by atoms with E-state index in [1.807, 2.05) is 19.9 Å². The summed E-state index contributed by atoms with van der Waals surface area (Å²) in [6.07, 6.45) is 1.02. The van der Waals surface area contributed by atoms with E-state index in [0.717, 1.165) is 24.6 Å². The molecule has 1 aromatic rings. The summed E-state index contributed by atoms with van der Waals surface area (Å²) in [5.74, 6) is 2.38. The Morgan fingerprint density at radius 1 is 1.16 bits per heavy atom. The molecule has 0 bridgehead atoms. The molecule has 0 aromatic carbocycles. The van der Waals surface area contributed by atoms with E-state index in [0.29, 0.717) is 19.0 Å². The summed E-state index contributed by atoms with van der Waals surface area (Å²) < 4.78 is 5.38. The van der Waals surface area contributed by atoms with Crippen LogP contribution in [0.5, 0.6) is 0 Å². The Balaban J connectivity index is 2.91. The molecule has 0 radical (unpaired) electrons. The van der Waals surface area contributed by atoms with Crippen LogP contribution < -0.4 is 10.6 Å². The van der Waals surface area contributed by atoms with Gasteiger partial charge in [-0.1, -0.05) is 6.92 Å². The monoisotopic (exact) mass is 266 g/mol. The molecule has 0 atom stereocenters. The highest BCUT2D eigenvalue weighted by atomic mass is 16.5. The van der Waals surface area contributed by atoms with Crippen LogP contribution in [0.2, 0.25) is 0 Å². The third kappa shape index (κ3) is 5.42. The molecule has 0 saturated carbocycles. The highest BCUT2D eigenvalue weighted by molar-refractivity contribution is 5.48. The van der Waals surface area contributed by atoms with Crippen LogP contribution in [0.3, 0.4) is 0 Å². The minimum atomic E-state index is 0.0146. The van der Waals surface area contributed by atoms with Gasteiger partial charge >= 0.3 is 0 Å². The molecule has 0 amide bonds. The van der Waals surface area contributed by atoms with Crippen LogP contribution >= 0.6 is 0 Å². The van der Waals surface area contributed by atoms with Gasteiger partial charge in [-0.15, -0.1) is 0 Å². The zero-order valence-corrected chi connectivity index (χ0v) is 12.7. The smallest absolute Gasteiger partial charge is 0.158 e. The SMILES string of the molecule is CCNc1cc(NC(C)(C)CC)nc(COCC)n1. The highest BCUT2D eigenvalue weighted by Gasteiger charge is 2.16. The first-order chi connectivity index (χ1) is 9.00. The molecule has 0 aliphatic rings. The maximum Gasteiger partial charge on any atom is 0.158 e. The molecule has 0 aliphatic carbocycles. The molecule has 5 nitrogen and oxygen atoms in total. The van der Waals surface area contributed by atoms with E-state index in [4.69, 9.17) is 4.74 Å². The summed E-state index contributed by atoms with van der Waals surface area (Å²) in [5, 5.41) is 6.66. The minimum absolute atomic E-state index is 0.0146. The van der Waals surface area contributed by atoms with Gasteiger partial charge in [0.2, 0.25) is 0 Å². The van der Waals surface area contributed by atoms with Crippen molar-refractivity contribution in [1.82, 2.24) is 9.97 Å². The van der Waals surface area contributed by atoms with Gasteiger partial charge < -0.3 is 15.4 Å². The van der Waals surface area contributed by atoms with Gasteiger partial charge in [0.15, 0.2) is 5.82 Å². The summed E-state index contributed by atoms with van der Waals surface area (Å²) in [7, 11) is 0. The van der Waals surface area contributed by atoms with Gasteiger partial charge in [0, 0.05) is 24.8 Å². The first-order valence-corrected chi connectivity index (χ1v) is 6.98. The van der Waals surface area contributed by atoms with E-state index in [1.165, 1.54) is 0 Å². The number of nitrogens with one attached hydrogen (secondary N) is 2. The number of aromatic nitrogens is 2. The maximum atomic E-state index is 5.38. The number of hydrogen-bond donors (Lipinski definition) is 2. The Hall–Kier alpha value is -1.36. The van der Waals surface area contributed by atoms with Crippen molar-refractivity contribution in [2.24, 2.45) is 0 Å². The van der Waals surface area contributed by atoms with Crippen LogP contribution in [-0.4, -0.2) is 28.7 Å². The van der Waals surface area contributed by atoms with Gasteiger partial charge in [-0.2, -0.15) is 0 Å². The second-order valence-corrected chi connectivity index (χ2v) is 5.08. The van der Waals surface area contributed by atoms with Gasteiger partial charge in [-0.25, -0.2) is 9.97 Å². The van der Waals surface area contributed by atoms with Crippen LogP contribution in [0.25, 0.3) is 0 Å².